The summed E-state index contributed by atoms with van der Waals surface area (Å²) < 4.78 is 27.3. The summed E-state index contributed by atoms with van der Waals surface area (Å²) in [6.45, 7) is 0. The van der Waals surface area contributed by atoms with Gasteiger partial charge >= 0.3 is 0 Å². The summed E-state index contributed by atoms with van der Waals surface area (Å²) in [5.74, 6) is -1.33. The van der Waals surface area contributed by atoms with Crippen LogP contribution in [0.1, 0.15) is 0 Å². The van der Waals surface area contributed by atoms with Crippen molar-refractivity contribution in [3.63, 3.8) is 0 Å². The first kappa shape index (κ1) is 11.7. The monoisotopic (exact) mass is 300 g/mol. The molecule has 0 bridgehead atoms. The van der Waals surface area contributed by atoms with Crippen LogP contribution >= 0.6 is 15.9 Å². The van der Waals surface area contributed by atoms with Crippen molar-refractivity contribution in [3.8, 4) is 0 Å². The van der Waals surface area contributed by atoms with Crippen LogP contribution in [0.5, 0.6) is 0 Å². The molecule has 0 saturated heterocycles. The van der Waals surface area contributed by atoms with Crippen LogP contribution in [0.2, 0.25) is 0 Å². The van der Waals surface area contributed by atoms with Crippen molar-refractivity contribution < 1.29 is 8.78 Å². The molecule has 7 heteroatoms. The summed E-state index contributed by atoms with van der Waals surface area (Å²) in [4.78, 5) is 7.59. The average Bonchev–Trinajstić information content (AvgIpc) is 2.25. The zero-order chi connectivity index (χ0) is 12.4. The molecule has 0 atom stereocenters. The molecule has 2 rings (SSSR count). The van der Waals surface area contributed by atoms with Crippen molar-refractivity contribution in [2.75, 3.05) is 11.1 Å². The predicted octanol–water partition coefficient (Wildman–Crippen LogP) is 2.84. The van der Waals surface area contributed by atoms with Gasteiger partial charge in [0.2, 0.25) is 0 Å². The second-order valence-electron chi connectivity index (χ2n) is 3.16. The van der Waals surface area contributed by atoms with Gasteiger partial charge in [-0.05, 0) is 12.1 Å². The van der Waals surface area contributed by atoms with E-state index < -0.39 is 11.6 Å². The normalized spacial score (nSPS) is 10.3. The maximum Gasteiger partial charge on any atom is 0.173 e. The molecular formula is C10H7BrF2N4. The molecule has 88 valence electrons. The zero-order valence-corrected chi connectivity index (χ0v) is 10.0. The standard InChI is InChI=1S/C10H7BrF2N4/c11-5-3-6(12)8(7(13)4-5)17-10-9(14)15-1-2-16-10/h1-4H,(H2,14,15)(H,16,17). The van der Waals surface area contributed by atoms with E-state index >= 15 is 0 Å². The van der Waals surface area contributed by atoms with Crippen LogP contribution < -0.4 is 11.1 Å². The van der Waals surface area contributed by atoms with Crippen LogP contribution in [0.15, 0.2) is 29.0 Å². The van der Waals surface area contributed by atoms with Gasteiger partial charge in [-0.3, -0.25) is 0 Å². The van der Waals surface area contributed by atoms with Crippen molar-refractivity contribution >= 4 is 33.3 Å². The van der Waals surface area contributed by atoms with E-state index in [2.05, 4.69) is 31.2 Å². The number of nitrogens with two attached hydrogens (primary N) is 1. The van der Waals surface area contributed by atoms with Gasteiger partial charge < -0.3 is 11.1 Å². The molecule has 0 saturated carbocycles. The molecule has 1 aromatic heterocycles. The van der Waals surface area contributed by atoms with Crippen LogP contribution in [0.4, 0.5) is 26.1 Å². The molecule has 4 nitrogen and oxygen atoms in total. The molecule has 0 radical (unpaired) electrons. The molecule has 3 N–H and O–H groups in total. The lowest BCUT2D eigenvalue weighted by Crippen LogP contribution is -2.04. The first-order valence-electron chi connectivity index (χ1n) is 4.56. The van der Waals surface area contributed by atoms with Crippen LogP contribution in [0.3, 0.4) is 0 Å². The predicted molar refractivity (Wildman–Crippen MR) is 63.8 cm³/mol. The SMILES string of the molecule is Nc1nccnc1Nc1c(F)cc(Br)cc1F. The number of rotatable bonds is 2. The molecule has 1 heterocycles. The fourth-order valence-corrected chi connectivity index (χ4v) is 1.63. The van der Waals surface area contributed by atoms with E-state index in [1.807, 2.05) is 0 Å². The van der Waals surface area contributed by atoms with Crippen molar-refractivity contribution in [3.05, 3.63) is 40.6 Å². The first-order chi connectivity index (χ1) is 8.08. The molecule has 0 aliphatic carbocycles. The Labute approximate surface area is 104 Å². The molecule has 0 aliphatic heterocycles. The van der Waals surface area contributed by atoms with E-state index in [-0.39, 0.29) is 17.3 Å². The number of benzene rings is 1. The van der Waals surface area contributed by atoms with Gasteiger partial charge in [0, 0.05) is 16.9 Å². The summed E-state index contributed by atoms with van der Waals surface area (Å²) in [6, 6.07) is 2.27. The first-order valence-corrected chi connectivity index (χ1v) is 5.35. The Balaban J connectivity index is 2.40. The highest BCUT2D eigenvalue weighted by molar-refractivity contribution is 9.10. The van der Waals surface area contributed by atoms with E-state index in [0.29, 0.717) is 4.47 Å². The molecule has 0 spiro atoms. The number of hydrogen-bond donors (Lipinski definition) is 2. The van der Waals surface area contributed by atoms with Gasteiger partial charge in [0.15, 0.2) is 23.3 Å². The lowest BCUT2D eigenvalue weighted by Gasteiger charge is -2.09. The van der Waals surface area contributed by atoms with E-state index in [9.17, 15) is 8.78 Å². The molecule has 0 amide bonds. The minimum Gasteiger partial charge on any atom is -0.381 e. The molecular weight excluding hydrogens is 294 g/mol. The number of nitrogen functional groups attached to an aromatic ring is 1. The lowest BCUT2D eigenvalue weighted by molar-refractivity contribution is 0.589. The molecule has 0 unspecified atom stereocenters. The second-order valence-corrected chi connectivity index (χ2v) is 4.08. The zero-order valence-electron chi connectivity index (χ0n) is 8.42. The summed E-state index contributed by atoms with van der Waals surface area (Å²) in [7, 11) is 0. The van der Waals surface area contributed by atoms with Crippen molar-refractivity contribution in [1.29, 1.82) is 0 Å². The number of nitrogens with one attached hydrogen (secondary N) is 1. The smallest absolute Gasteiger partial charge is 0.173 e. The third kappa shape index (κ3) is 2.50. The second kappa shape index (κ2) is 4.62. The maximum absolute atomic E-state index is 13.5. The van der Waals surface area contributed by atoms with Gasteiger partial charge in [0.1, 0.15) is 5.69 Å². The van der Waals surface area contributed by atoms with Crippen LogP contribution in [-0.4, -0.2) is 9.97 Å². The third-order valence-electron chi connectivity index (χ3n) is 1.98. The number of anilines is 3. The Kier molecular flexibility index (Phi) is 3.19. The van der Waals surface area contributed by atoms with E-state index in [0.717, 1.165) is 12.1 Å². The summed E-state index contributed by atoms with van der Waals surface area (Å²) in [6.07, 6.45) is 2.75. The Hall–Kier alpha value is -1.76. The van der Waals surface area contributed by atoms with Crippen LogP contribution in [-0.2, 0) is 0 Å². The van der Waals surface area contributed by atoms with E-state index in [1.165, 1.54) is 12.4 Å². The Morgan fingerprint density at radius 1 is 1.12 bits per heavy atom. The quantitative estimate of drug-likeness (QED) is 0.895. The number of aromatic nitrogens is 2. The van der Waals surface area contributed by atoms with Gasteiger partial charge in [0.05, 0.1) is 0 Å². The van der Waals surface area contributed by atoms with E-state index in [4.69, 9.17) is 5.73 Å². The minimum absolute atomic E-state index is 0.0641. The van der Waals surface area contributed by atoms with Gasteiger partial charge in [-0.15, -0.1) is 0 Å². The average molecular weight is 301 g/mol. The van der Waals surface area contributed by atoms with Crippen LogP contribution in [0.25, 0.3) is 0 Å². The topological polar surface area (TPSA) is 63.8 Å². The van der Waals surface area contributed by atoms with Crippen molar-refractivity contribution in [2.24, 2.45) is 0 Å². The molecule has 0 fully saturated rings. The molecule has 2 aromatic rings. The fourth-order valence-electron chi connectivity index (χ4n) is 1.23. The van der Waals surface area contributed by atoms with Gasteiger partial charge in [-0.2, -0.15) is 0 Å². The fraction of sp³-hybridized carbons (Fsp3) is 0. The molecule has 0 aliphatic rings. The summed E-state index contributed by atoms with van der Waals surface area (Å²) in [5.41, 5.74) is 5.19. The lowest BCUT2D eigenvalue weighted by atomic mass is 10.3. The summed E-state index contributed by atoms with van der Waals surface area (Å²) >= 11 is 2.99. The third-order valence-corrected chi connectivity index (χ3v) is 2.43. The van der Waals surface area contributed by atoms with E-state index in [1.54, 1.807) is 0 Å². The molecule has 1 aromatic carbocycles. The van der Waals surface area contributed by atoms with Gasteiger partial charge in [0.25, 0.3) is 0 Å². The molecule has 17 heavy (non-hydrogen) atoms. The highest BCUT2D eigenvalue weighted by Crippen LogP contribution is 2.27. The highest BCUT2D eigenvalue weighted by Gasteiger charge is 2.12. The van der Waals surface area contributed by atoms with Gasteiger partial charge in [-0.25, -0.2) is 18.7 Å². The number of nitrogens with zero attached hydrogens (tertiary/aromatic N) is 2. The number of halogens is 3. The maximum atomic E-state index is 13.5. The largest absolute Gasteiger partial charge is 0.381 e. The van der Waals surface area contributed by atoms with Gasteiger partial charge in [-0.1, -0.05) is 15.9 Å². The van der Waals surface area contributed by atoms with Crippen LogP contribution in [0, 0.1) is 11.6 Å². The minimum atomic E-state index is -0.748. The van der Waals surface area contributed by atoms with Crippen molar-refractivity contribution in [2.45, 2.75) is 0 Å². The summed E-state index contributed by atoms with van der Waals surface area (Å²) in [5, 5.41) is 2.47. The highest BCUT2D eigenvalue weighted by atomic mass is 79.9. The Morgan fingerprint density at radius 2 is 1.71 bits per heavy atom. The Morgan fingerprint density at radius 3 is 2.29 bits per heavy atom. The Bertz CT molecular complexity index is 539. The number of hydrogen-bond acceptors (Lipinski definition) is 4. The van der Waals surface area contributed by atoms with Crippen molar-refractivity contribution in [1.82, 2.24) is 9.97 Å².